The van der Waals surface area contributed by atoms with Crippen LogP contribution in [0.5, 0.6) is 0 Å². The number of furan rings is 1. The summed E-state index contributed by atoms with van der Waals surface area (Å²) in [4.78, 5) is 12.1. The van der Waals surface area contributed by atoms with Crippen molar-refractivity contribution < 1.29 is 9.21 Å². The minimum absolute atomic E-state index is 0.194. The van der Waals surface area contributed by atoms with Gasteiger partial charge in [-0.25, -0.2) is 0 Å². The molecule has 1 amide bonds. The van der Waals surface area contributed by atoms with Crippen molar-refractivity contribution in [3.8, 4) is 0 Å². The Kier molecular flexibility index (Phi) is 4.45. The van der Waals surface area contributed by atoms with Gasteiger partial charge in [-0.3, -0.25) is 4.79 Å². The largest absolute Gasteiger partial charge is 0.451 e. The lowest BCUT2D eigenvalue weighted by Gasteiger charge is -2.03. The predicted octanol–water partition coefficient (Wildman–Crippen LogP) is 4.45. The van der Waals surface area contributed by atoms with Crippen LogP contribution in [0.4, 0.5) is 0 Å². The number of benzene rings is 2. The van der Waals surface area contributed by atoms with Gasteiger partial charge in [0.25, 0.3) is 5.91 Å². The topological polar surface area (TPSA) is 42.2 Å². The highest BCUT2D eigenvalue weighted by Crippen LogP contribution is 2.22. The molecule has 2 aromatic carbocycles. The van der Waals surface area contributed by atoms with Crippen molar-refractivity contribution in [3.05, 3.63) is 70.9 Å². The molecular formula is C18H16ClNO2. The molecule has 0 saturated carbocycles. The smallest absolute Gasteiger partial charge is 0.287 e. The number of amides is 1. The van der Waals surface area contributed by atoms with Crippen LogP contribution >= 0.6 is 11.6 Å². The highest BCUT2D eigenvalue weighted by Gasteiger charge is 2.11. The van der Waals surface area contributed by atoms with Gasteiger partial charge in [-0.15, -0.1) is 0 Å². The highest BCUT2D eigenvalue weighted by molar-refractivity contribution is 6.31. The molecule has 3 aromatic rings. The molecule has 0 unspecified atom stereocenters. The van der Waals surface area contributed by atoms with Crippen LogP contribution in [0.1, 0.15) is 22.5 Å². The van der Waals surface area contributed by atoms with Gasteiger partial charge in [-0.2, -0.15) is 0 Å². The maximum absolute atomic E-state index is 12.1. The molecule has 1 heterocycles. The van der Waals surface area contributed by atoms with Crippen LogP contribution in [0.3, 0.4) is 0 Å². The van der Waals surface area contributed by atoms with Crippen LogP contribution < -0.4 is 5.32 Å². The third-order valence-corrected chi connectivity index (χ3v) is 3.71. The van der Waals surface area contributed by atoms with Gasteiger partial charge >= 0.3 is 0 Å². The minimum Gasteiger partial charge on any atom is -0.451 e. The number of hydrogen-bond donors (Lipinski definition) is 1. The van der Waals surface area contributed by atoms with Crippen LogP contribution in [-0.4, -0.2) is 12.5 Å². The van der Waals surface area contributed by atoms with Gasteiger partial charge in [-0.05, 0) is 42.7 Å². The average Bonchev–Trinajstić information content (AvgIpc) is 2.95. The summed E-state index contributed by atoms with van der Waals surface area (Å²) >= 11 is 5.93. The Balaban J connectivity index is 1.54. The van der Waals surface area contributed by atoms with E-state index in [9.17, 15) is 4.79 Å². The molecule has 22 heavy (non-hydrogen) atoms. The van der Waals surface area contributed by atoms with Crippen molar-refractivity contribution in [1.82, 2.24) is 5.32 Å². The Bertz CT molecular complexity index is 780. The number of rotatable bonds is 5. The van der Waals surface area contributed by atoms with Gasteiger partial charge in [0.05, 0.1) is 0 Å². The second-order valence-electron chi connectivity index (χ2n) is 5.14. The molecule has 0 atom stereocenters. The quantitative estimate of drug-likeness (QED) is 0.707. The number of carbonyl (C=O) groups excluding carboxylic acids is 1. The first kappa shape index (κ1) is 14.7. The van der Waals surface area contributed by atoms with Crippen molar-refractivity contribution in [1.29, 1.82) is 0 Å². The first-order chi connectivity index (χ1) is 10.7. The van der Waals surface area contributed by atoms with E-state index in [1.165, 1.54) is 5.56 Å². The van der Waals surface area contributed by atoms with Gasteiger partial charge in [0.1, 0.15) is 5.58 Å². The average molecular weight is 314 g/mol. The number of nitrogens with one attached hydrogen (secondary N) is 1. The molecular weight excluding hydrogens is 298 g/mol. The van der Waals surface area contributed by atoms with Gasteiger partial charge in [0.2, 0.25) is 0 Å². The third kappa shape index (κ3) is 3.49. The Morgan fingerprint density at radius 2 is 1.91 bits per heavy atom. The molecule has 4 heteroatoms. The van der Waals surface area contributed by atoms with Crippen LogP contribution in [0.25, 0.3) is 11.0 Å². The zero-order valence-corrected chi connectivity index (χ0v) is 12.8. The molecule has 1 N–H and O–H groups in total. The zero-order valence-electron chi connectivity index (χ0n) is 12.0. The van der Waals surface area contributed by atoms with E-state index in [1.807, 2.05) is 18.2 Å². The van der Waals surface area contributed by atoms with E-state index < -0.39 is 0 Å². The SMILES string of the molecule is O=C(NCCCc1ccccc1)c1cc2cc(Cl)ccc2o1. The third-order valence-electron chi connectivity index (χ3n) is 3.47. The molecule has 0 fully saturated rings. The summed E-state index contributed by atoms with van der Waals surface area (Å²) in [5.41, 5.74) is 1.94. The number of fused-ring (bicyclic) bond motifs is 1. The Hall–Kier alpha value is -2.26. The fraction of sp³-hybridized carbons (Fsp3) is 0.167. The molecule has 0 aliphatic carbocycles. The van der Waals surface area contributed by atoms with Crippen molar-refractivity contribution >= 4 is 28.5 Å². The van der Waals surface area contributed by atoms with Crippen molar-refractivity contribution in [2.75, 3.05) is 6.54 Å². The molecule has 0 aliphatic rings. The van der Waals surface area contributed by atoms with Crippen LogP contribution in [0.2, 0.25) is 5.02 Å². The number of halogens is 1. The van der Waals surface area contributed by atoms with Gasteiger partial charge in [0.15, 0.2) is 5.76 Å². The lowest BCUT2D eigenvalue weighted by molar-refractivity contribution is 0.0927. The van der Waals surface area contributed by atoms with E-state index in [-0.39, 0.29) is 5.91 Å². The zero-order chi connectivity index (χ0) is 15.4. The lowest BCUT2D eigenvalue weighted by Crippen LogP contribution is -2.24. The molecule has 0 spiro atoms. The summed E-state index contributed by atoms with van der Waals surface area (Å²) < 4.78 is 5.53. The monoisotopic (exact) mass is 313 g/mol. The van der Waals surface area contributed by atoms with Crippen LogP contribution in [0.15, 0.2) is 59.0 Å². The van der Waals surface area contributed by atoms with E-state index in [2.05, 4.69) is 17.4 Å². The highest BCUT2D eigenvalue weighted by atomic mass is 35.5. The number of hydrogen-bond acceptors (Lipinski definition) is 2. The number of aryl methyl sites for hydroxylation is 1. The Morgan fingerprint density at radius 1 is 1.09 bits per heavy atom. The van der Waals surface area contributed by atoms with Gasteiger partial charge in [-0.1, -0.05) is 41.9 Å². The summed E-state index contributed by atoms with van der Waals surface area (Å²) in [6, 6.07) is 17.2. The van der Waals surface area contributed by atoms with Crippen molar-refractivity contribution in [2.45, 2.75) is 12.8 Å². The van der Waals surface area contributed by atoms with Crippen molar-refractivity contribution in [2.24, 2.45) is 0 Å². The molecule has 112 valence electrons. The fourth-order valence-electron chi connectivity index (χ4n) is 2.35. The summed E-state index contributed by atoms with van der Waals surface area (Å²) in [6.45, 7) is 0.617. The predicted molar refractivity (Wildman–Crippen MR) is 88.3 cm³/mol. The first-order valence-electron chi connectivity index (χ1n) is 7.23. The second kappa shape index (κ2) is 6.67. The Morgan fingerprint density at radius 3 is 2.73 bits per heavy atom. The summed E-state index contributed by atoms with van der Waals surface area (Å²) in [5, 5.41) is 4.34. The van der Waals surface area contributed by atoms with E-state index in [1.54, 1.807) is 24.3 Å². The maximum Gasteiger partial charge on any atom is 0.287 e. The minimum atomic E-state index is -0.194. The molecule has 0 aliphatic heterocycles. The van der Waals surface area contributed by atoms with Gasteiger partial charge in [0, 0.05) is 17.0 Å². The second-order valence-corrected chi connectivity index (χ2v) is 5.57. The standard InChI is InChI=1S/C18H16ClNO2/c19-15-8-9-16-14(11-15)12-17(22-16)18(21)20-10-4-7-13-5-2-1-3-6-13/h1-3,5-6,8-9,11-12H,4,7,10H2,(H,20,21). The molecule has 1 aromatic heterocycles. The lowest BCUT2D eigenvalue weighted by atomic mass is 10.1. The fourth-order valence-corrected chi connectivity index (χ4v) is 2.53. The first-order valence-corrected chi connectivity index (χ1v) is 7.61. The van der Waals surface area contributed by atoms with E-state index in [0.717, 1.165) is 18.2 Å². The number of carbonyl (C=O) groups is 1. The summed E-state index contributed by atoms with van der Waals surface area (Å²) in [7, 11) is 0. The van der Waals surface area contributed by atoms with E-state index in [4.69, 9.17) is 16.0 Å². The normalized spacial score (nSPS) is 10.8. The van der Waals surface area contributed by atoms with Crippen LogP contribution in [0, 0.1) is 0 Å². The van der Waals surface area contributed by atoms with E-state index >= 15 is 0 Å². The summed E-state index contributed by atoms with van der Waals surface area (Å²) in [6.07, 6.45) is 1.83. The molecule has 0 saturated heterocycles. The summed E-state index contributed by atoms with van der Waals surface area (Å²) in [5.74, 6) is 0.123. The Labute approximate surface area is 133 Å². The molecule has 0 radical (unpaired) electrons. The van der Waals surface area contributed by atoms with Gasteiger partial charge < -0.3 is 9.73 Å². The molecule has 3 rings (SSSR count). The molecule has 0 bridgehead atoms. The van der Waals surface area contributed by atoms with Crippen molar-refractivity contribution in [3.63, 3.8) is 0 Å². The molecule has 3 nitrogen and oxygen atoms in total. The van der Waals surface area contributed by atoms with Crippen LogP contribution in [-0.2, 0) is 6.42 Å². The maximum atomic E-state index is 12.1. The van der Waals surface area contributed by atoms with E-state index in [0.29, 0.717) is 22.9 Å².